The molecule has 2 nitrogen and oxygen atoms in total. The summed E-state index contributed by atoms with van der Waals surface area (Å²) in [7, 11) is 0. The molecule has 0 amide bonds. The second-order valence-electron chi connectivity index (χ2n) is 3.12. The van der Waals surface area contributed by atoms with E-state index in [0.717, 1.165) is 26.3 Å². The standard InChI is InChI=1S/C9H19NOS/c1-3-8-12-9(2)10-4-6-11-7-5-10/h9H,3-8H2,1-2H3. The molecule has 12 heavy (non-hydrogen) atoms. The van der Waals surface area contributed by atoms with Gasteiger partial charge in [-0.3, -0.25) is 4.90 Å². The molecule has 1 rings (SSSR count). The van der Waals surface area contributed by atoms with Gasteiger partial charge in [-0.05, 0) is 19.1 Å². The molecule has 0 saturated carbocycles. The van der Waals surface area contributed by atoms with Crippen LogP contribution >= 0.6 is 11.8 Å². The van der Waals surface area contributed by atoms with Gasteiger partial charge in [0.25, 0.3) is 0 Å². The van der Waals surface area contributed by atoms with E-state index in [0.29, 0.717) is 5.37 Å². The Morgan fingerprint density at radius 2 is 2.08 bits per heavy atom. The number of hydrogen-bond donors (Lipinski definition) is 0. The van der Waals surface area contributed by atoms with E-state index in [1.807, 2.05) is 0 Å². The van der Waals surface area contributed by atoms with Crippen LogP contribution in [0.5, 0.6) is 0 Å². The van der Waals surface area contributed by atoms with Crippen molar-refractivity contribution in [1.82, 2.24) is 4.90 Å². The van der Waals surface area contributed by atoms with Crippen LogP contribution in [0.2, 0.25) is 0 Å². The third kappa shape index (κ3) is 3.33. The van der Waals surface area contributed by atoms with Crippen molar-refractivity contribution in [3.8, 4) is 0 Å². The minimum atomic E-state index is 0.675. The molecule has 1 aliphatic rings. The normalized spacial score (nSPS) is 22.5. The van der Waals surface area contributed by atoms with Gasteiger partial charge < -0.3 is 4.74 Å². The van der Waals surface area contributed by atoms with Crippen molar-refractivity contribution in [2.24, 2.45) is 0 Å². The maximum absolute atomic E-state index is 5.30. The average Bonchev–Trinajstić information content (AvgIpc) is 2.15. The van der Waals surface area contributed by atoms with Gasteiger partial charge in [-0.15, -0.1) is 11.8 Å². The summed E-state index contributed by atoms with van der Waals surface area (Å²) in [6, 6.07) is 0. The van der Waals surface area contributed by atoms with Crippen LogP contribution in [0.25, 0.3) is 0 Å². The number of ether oxygens (including phenoxy) is 1. The fourth-order valence-corrected chi connectivity index (χ4v) is 2.33. The van der Waals surface area contributed by atoms with E-state index in [2.05, 4.69) is 30.5 Å². The Morgan fingerprint density at radius 3 is 2.67 bits per heavy atom. The molecule has 72 valence electrons. The van der Waals surface area contributed by atoms with Gasteiger partial charge in [0.1, 0.15) is 0 Å². The average molecular weight is 189 g/mol. The smallest absolute Gasteiger partial charge is 0.0594 e. The van der Waals surface area contributed by atoms with Gasteiger partial charge in [0, 0.05) is 13.1 Å². The highest BCUT2D eigenvalue weighted by Crippen LogP contribution is 2.16. The Morgan fingerprint density at radius 1 is 1.42 bits per heavy atom. The summed E-state index contributed by atoms with van der Waals surface area (Å²) in [6.45, 7) is 8.58. The van der Waals surface area contributed by atoms with Crippen LogP contribution in [0.4, 0.5) is 0 Å². The third-order valence-electron chi connectivity index (χ3n) is 2.12. The topological polar surface area (TPSA) is 12.5 Å². The van der Waals surface area contributed by atoms with E-state index < -0.39 is 0 Å². The van der Waals surface area contributed by atoms with Gasteiger partial charge in [-0.1, -0.05) is 6.92 Å². The largest absolute Gasteiger partial charge is 0.379 e. The van der Waals surface area contributed by atoms with Crippen LogP contribution in [0, 0.1) is 0 Å². The van der Waals surface area contributed by atoms with Gasteiger partial charge in [0.2, 0.25) is 0 Å². The summed E-state index contributed by atoms with van der Waals surface area (Å²) in [5.74, 6) is 1.28. The second-order valence-corrected chi connectivity index (χ2v) is 4.54. The molecular weight excluding hydrogens is 170 g/mol. The summed E-state index contributed by atoms with van der Waals surface area (Å²) >= 11 is 2.05. The minimum absolute atomic E-state index is 0.675. The van der Waals surface area contributed by atoms with Gasteiger partial charge in [-0.25, -0.2) is 0 Å². The molecule has 1 unspecified atom stereocenters. The molecule has 0 aromatic heterocycles. The van der Waals surface area contributed by atoms with Crippen LogP contribution in [0.1, 0.15) is 20.3 Å². The van der Waals surface area contributed by atoms with Crippen molar-refractivity contribution in [3.05, 3.63) is 0 Å². The molecule has 3 heteroatoms. The summed E-state index contributed by atoms with van der Waals surface area (Å²) in [6.07, 6.45) is 1.28. The maximum Gasteiger partial charge on any atom is 0.0594 e. The van der Waals surface area contributed by atoms with Crippen molar-refractivity contribution >= 4 is 11.8 Å². The molecule has 1 fully saturated rings. The first-order valence-electron chi connectivity index (χ1n) is 4.78. The van der Waals surface area contributed by atoms with Gasteiger partial charge >= 0.3 is 0 Å². The SMILES string of the molecule is CCCSC(C)N1CCOCC1. The summed E-state index contributed by atoms with van der Waals surface area (Å²) in [4.78, 5) is 2.50. The second kappa shape index (κ2) is 5.84. The molecule has 1 aliphatic heterocycles. The monoisotopic (exact) mass is 189 g/mol. The maximum atomic E-state index is 5.30. The first-order valence-corrected chi connectivity index (χ1v) is 5.83. The molecule has 1 atom stereocenters. The Bertz CT molecular complexity index is 115. The Hall–Kier alpha value is 0.270. The zero-order chi connectivity index (χ0) is 8.81. The molecule has 0 aromatic rings. The van der Waals surface area contributed by atoms with E-state index in [1.165, 1.54) is 12.2 Å². The molecule has 0 radical (unpaired) electrons. The number of thioether (sulfide) groups is 1. The lowest BCUT2D eigenvalue weighted by atomic mass is 10.4. The molecule has 0 aliphatic carbocycles. The van der Waals surface area contributed by atoms with Crippen molar-refractivity contribution in [2.75, 3.05) is 32.1 Å². The Balaban J connectivity index is 2.15. The Labute approximate surface area is 79.6 Å². The van der Waals surface area contributed by atoms with E-state index in [9.17, 15) is 0 Å². The summed E-state index contributed by atoms with van der Waals surface area (Å²) in [5, 5.41) is 0.675. The lowest BCUT2D eigenvalue weighted by Gasteiger charge is -2.31. The quantitative estimate of drug-likeness (QED) is 0.669. The molecule has 1 heterocycles. The summed E-state index contributed by atoms with van der Waals surface area (Å²) < 4.78 is 5.30. The van der Waals surface area contributed by atoms with Crippen LogP contribution in [-0.4, -0.2) is 42.3 Å². The number of hydrogen-bond acceptors (Lipinski definition) is 3. The fraction of sp³-hybridized carbons (Fsp3) is 1.00. The van der Waals surface area contributed by atoms with Gasteiger partial charge in [0.05, 0.1) is 18.6 Å². The number of morpholine rings is 1. The number of nitrogens with zero attached hydrogens (tertiary/aromatic N) is 1. The van der Waals surface area contributed by atoms with Gasteiger partial charge in [-0.2, -0.15) is 0 Å². The van der Waals surface area contributed by atoms with Gasteiger partial charge in [0.15, 0.2) is 0 Å². The molecule has 0 aromatic carbocycles. The highest BCUT2D eigenvalue weighted by molar-refractivity contribution is 7.99. The number of rotatable bonds is 4. The van der Waals surface area contributed by atoms with Crippen LogP contribution in [-0.2, 0) is 4.74 Å². The van der Waals surface area contributed by atoms with Crippen molar-refractivity contribution < 1.29 is 4.74 Å². The molecule has 0 spiro atoms. The first-order chi connectivity index (χ1) is 5.84. The van der Waals surface area contributed by atoms with Crippen LogP contribution < -0.4 is 0 Å². The lowest BCUT2D eigenvalue weighted by Crippen LogP contribution is -2.40. The third-order valence-corrected chi connectivity index (χ3v) is 3.55. The van der Waals surface area contributed by atoms with E-state index in [-0.39, 0.29) is 0 Å². The first kappa shape index (κ1) is 10.4. The van der Waals surface area contributed by atoms with Crippen molar-refractivity contribution in [1.29, 1.82) is 0 Å². The zero-order valence-corrected chi connectivity index (χ0v) is 8.90. The highest BCUT2D eigenvalue weighted by atomic mass is 32.2. The molecule has 0 N–H and O–H groups in total. The van der Waals surface area contributed by atoms with E-state index in [4.69, 9.17) is 4.74 Å². The molecular formula is C9H19NOS. The van der Waals surface area contributed by atoms with Crippen LogP contribution in [0.3, 0.4) is 0 Å². The Kier molecular flexibility index (Phi) is 5.04. The summed E-state index contributed by atoms with van der Waals surface area (Å²) in [5.41, 5.74) is 0. The van der Waals surface area contributed by atoms with Crippen molar-refractivity contribution in [3.63, 3.8) is 0 Å². The van der Waals surface area contributed by atoms with Crippen LogP contribution in [0.15, 0.2) is 0 Å². The predicted molar refractivity (Wildman–Crippen MR) is 54.6 cm³/mol. The molecule has 0 bridgehead atoms. The fourth-order valence-electron chi connectivity index (χ4n) is 1.33. The predicted octanol–water partition coefficient (Wildman–Crippen LogP) is 1.81. The zero-order valence-electron chi connectivity index (χ0n) is 8.08. The lowest BCUT2D eigenvalue weighted by molar-refractivity contribution is 0.0351. The minimum Gasteiger partial charge on any atom is -0.379 e. The van der Waals surface area contributed by atoms with E-state index in [1.54, 1.807) is 0 Å². The van der Waals surface area contributed by atoms with Crippen molar-refractivity contribution in [2.45, 2.75) is 25.6 Å². The van der Waals surface area contributed by atoms with E-state index >= 15 is 0 Å². The molecule has 1 saturated heterocycles. The highest BCUT2D eigenvalue weighted by Gasteiger charge is 2.16.